The standard InChI is InChI=1S/C24H36O3S.Na/c1-3-5-7-9-11-14-20-16-13-17-23-22(20)19-18-21(24(23)28(25,26)27)15-12-10-8-6-4-2;/h13,16-19H,3-12,14-15H2,1-2H3,(H,25,26,27);/q;+1/p-1. The second-order valence-corrected chi connectivity index (χ2v) is 9.17. The topological polar surface area (TPSA) is 57.2 Å². The van der Waals surface area contributed by atoms with Crippen molar-refractivity contribution in [1.82, 2.24) is 0 Å². The molecular formula is C24H35NaO3S. The summed E-state index contributed by atoms with van der Waals surface area (Å²) in [6.07, 6.45) is 13.1. The quantitative estimate of drug-likeness (QED) is 0.278. The summed E-state index contributed by atoms with van der Waals surface area (Å²) < 4.78 is 36.3. The number of fused-ring (bicyclic) bond motifs is 1. The van der Waals surface area contributed by atoms with E-state index in [1.54, 1.807) is 6.07 Å². The predicted molar refractivity (Wildman–Crippen MR) is 117 cm³/mol. The number of rotatable bonds is 13. The first kappa shape index (κ1) is 26.6. The van der Waals surface area contributed by atoms with Crippen LogP contribution in [0.5, 0.6) is 0 Å². The fourth-order valence-corrected chi connectivity index (χ4v) is 4.93. The zero-order valence-corrected chi connectivity index (χ0v) is 21.3. The van der Waals surface area contributed by atoms with Gasteiger partial charge in [0, 0.05) is 0 Å². The van der Waals surface area contributed by atoms with Gasteiger partial charge in [0.1, 0.15) is 10.1 Å². The van der Waals surface area contributed by atoms with Crippen molar-refractivity contribution < 1.29 is 42.5 Å². The third-order valence-electron chi connectivity index (χ3n) is 5.53. The Labute approximate surface area is 199 Å². The van der Waals surface area contributed by atoms with Crippen LogP contribution in [0.1, 0.15) is 89.2 Å². The number of hydrogen-bond donors (Lipinski definition) is 0. The number of benzene rings is 2. The van der Waals surface area contributed by atoms with Gasteiger partial charge in [0.05, 0.1) is 4.90 Å². The Morgan fingerprint density at radius 2 is 1.24 bits per heavy atom. The molecule has 0 aliphatic carbocycles. The zero-order chi connectivity index (χ0) is 20.4. The zero-order valence-electron chi connectivity index (χ0n) is 18.5. The van der Waals surface area contributed by atoms with E-state index in [1.807, 2.05) is 18.2 Å². The second kappa shape index (κ2) is 13.8. The van der Waals surface area contributed by atoms with Gasteiger partial charge in [-0.2, -0.15) is 0 Å². The van der Waals surface area contributed by atoms with Gasteiger partial charge in [-0.1, -0.05) is 95.5 Å². The molecule has 0 fully saturated rings. The van der Waals surface area contributed by atoms with Crippen molar-refractivity contribution in [2.75, 3.05) is 0 Å². The first-order valence-electron chi connectivity index (χ1n) is 11.0. The second-order valence-electron chi connectivity index (χ2n) is 7.85. The number of hydrogen-bond acceptors (Lipinski definition) is 3. The normalized spacial score (nSPS) is 11.6. The van der Waals surface area contributed by atoms with Gasteiger partial charge in [-0.05, 0) is 47.6 Å². The van der Waals surface area contributed by atoms with Crippen LogP contribution in [0.2, 0.25) is 0 Å². The van der Waals surface area contributed by atoms with Crippen LogP contribution in [0.3, 0.4) is 0 Å². The molecule has 2 aromatic carbocycles. The molecule has 0 saturated carbocycles. The van der Waals surface area contributed by atoms with E-state index in [1.165, 1.54) is 38.5 Å². The molecule has 0 N–H and O–H groups in total. The maximum absolute atomic E-state index is 12.1. The molecule has 2 rings (SSSR count). The van der Waals surface area contributed by atoms with Crippen molar-refractivity contribution in [3.63, 3.8) is 0 Å². The molecule has 2 aromatic rings. The average Bonchev–Trinajstić information content (AvgIpc) is 2.66. The fourth-order valence-electron chi connectivity index (χ4n) is 3.99. The van der Waals surface area contributed by atoms with Crippen LogP contribution < -0.4 is 29.6 Å². The van der Waals surface area contributed by atoms with Gasteiger partial charge in [0.25, 0.3) is 0 Å². The van der Waals surface area contributed by atoms with Gasteiger partial charge < -0.3 is 4.55 Å². The molecule has 3 nitrogen and oxygen atoms in total. The Morgan fingerprint density at radius 1 is 0.690 bits per heavy atom. The van der Waals surface area contributed by atoms with Crippen molar-refractivity contribution >= 4 is 20.9 Å². The van der Waals surface area contributed by atoms with E-state index in [-0.39, 0.29) is 34.5 Å². The van der Waals surface area contributed by atoms with Crippen LogP contribution in [0.15, 0.2) is 35.2 Å². The Balaban J connectivity index is 0.00000420. The van der Waals surface area contributed by atoms with E-state index in [0.29, 0.717) is 17.4 Å². The Hall–Kier alpha value is -0.390. The third-order valence-corrected chi connectivity index (χ3v) is 6.52. The first-order valence-corrected chi connectivity index (χ1v) is 12.4. The van der Waals surface area contributed by atoms with Crippen molar-refractivity contribution in [1.29, 1.82) is 0 Å². The van der Waals surface area contributed by atoms with E-state index in [9.17, 15) is 13.0 Å². The molecule has 5 heteroatoms. The molecule has 29 heavy (non-hydrogen) atoms. The molecule has 0 spiro atoms. The molecule has 0 aliphatic heterocycles. The predicted octanol–water partition coefficient (Wildman–Crippen LogP) is 3.77. The van der Waals surface area contributed by atoms with Crippen LogP contribution >= 0.6 is 0 Å². The molecule has 0 bridgehead atoms. The molecule has 0 unspecified atom stereocenters. The van der Waals surface area contributed by atoms with Gasteiger partial charge in [0.2, 0.25) is 0 Å². The van der Waals surface area contributed by atoms with Crippen molar-refractivity contribution in [3.8, 4) is 0 Å². The summed E-state index contributed by atoms with van der Waals surface area (Å²) in [5, 5.41) is 1.52. The van der Waals surface area contributed by atoms with Crippen LogP contribution in [-0.2, 0) is 23.0 Å². The van der Waals surface area contributed by atoms with Crippen LogP contribution in [0.4, 0.5) is 0 Å². The fraction of sp³-hybridized carbons (Fsp3) is 0.583. The van der Waals surface area contributed by atoms with Crippen LogP contribution in [0.25, 0.3) is 10.8 Å². The van der Waals surface area contributed by atoms with Gasteiger partial charge in [-0.3, -0.25) is 0 Å². The minimum atomic E-state index is -4.51. The Kier molecular flexibility index (Phi) is 12.7. The largest absolute Gasteiger partial charge is 1.00 e. The maximum atomic E-state index is 12.1. The average molecular weight is 427 g/mol. The molecule has 0 aromatic heterocycles. The van der Waals surface area contributed by atoms with Crippen molar-refractivity contribution in [3.05, 3.63) is 41.5 Å². The summed E-state index contributed by atoms with van der Waals surface area (Å²) in [4.78, 5) is 0.00771. The molecule has 0 heterocycles. The molecule has 0 aliphatic rings. The van der Waals surface area contributed by atoms with Gasteiger partial charge in [0.15, 0.2) is 0 Å². The summed E-state index contributed by atoms with van der Waals surface area (Å²) in [6, 6.07) is 9.64. The van der Waals surface area contributed by atoms with Gasteiger partial charge >= 0.3 is 29.6 Å². The first-order chi connectivity index (χ1) is 13.5. The van der Waals surface area contributed by atoms with Gasteiger partial charge in [-0.25, -0.2) is 8.42 Å². The minimum Gasteiger partial charge on any atom is -0.744 e. The van der Waals surface area contributed by atoms with E-state index < -0.39 is 10.1 Å². The molecular weight excluding hydrogens is 391 g/mol. The van der Waals surface area contributed by atoms with Gasteiger partial charge in [-0.15, -0.1) is 0 Å². The van der Waals surface area contributed by atoms with E-state index >= 15 is 0 Å². The maximum Gasteiger partial charge on any atom is 1.00 e. The number of aryl methyl sites for hydroxylation is 2. The SMILES string of the molecule is CCCCCCCc1ccc2c(CCCCCCC)cccc2c1S(=O)(=O)[O-].[Na+]. The Morgan fingerprint density at radius 3 is 1.79 bits per heavy atom. The summed E-state index contributed by atoms with van der Waals surface area (Å²) in [5.74, 6) is 0. The molecule has 0 amide bonds. The van der Waals surface area contributed by atoms with E-state index in [2.05, 4.69) is 19.9 Å². The summed E-state index contributed by atoms with van der Waals surface area (Å²) in [7, 11) is -4.51. The van der Waals surface area contributed by atoms with E-state index in [4.69, 9.17) is 0 Å². The van der Waals surface area contributed by atoms with Crippen LogP contribution in [0, 0.1) is 0 Å². The van der Waals surface area contributed by atoms with Crippen LogP contribution in [-0.4, -0.2) is 13.0 Å². The molecule has 156 valence electrons. The minimum absolute atomic E-state index is 0. The molecule has 0 radical (unpaired) electrons. The smallest absolute Gasteiger partial charge is 0.744 e. The summed E-state index contributed by atoms with van der Waals surface area (Å²) in [6.45, 7) is 4.38. The summed E-state index contributed by atoms with van der Waals surface area (Å²) in [5.41, 5.74) is 1.83. The number of unbranched alkanes of at least 4 members (excludes halogenated alkanes) is 8. The molecule has 0 saturated heterocycles. The van der Waals surface area contributed by atoms with Crippen molar-refractivity contribution in [2.45, 2.75) is 95.8 Å². The molecule has 0 atom stereocenters. The Bertz CT molecular complexity index is 847. The third kappa shape index (κ3) is 8.34. The van der Waals surface area contributed by atoms with E-state index in [0.717, 1.165) is 43.1 Å². The van der Waals surface area contributed by atoms with Crippen molar-refractivity contribution in [2.24, 2.45) is 0 Å². The summed E-state index contributed by atoms with van der Waals surface area (Å²) >= 11 is 0. The monoisotopic (exact) mass is 426 g/mol.